The molecule has 0 fully saturated rings. The Labute approximate surface area is 153 Å². The Morgan fingerprint density at radius 3 is 2.96 bits per heavy atom. The predicted molar refractivity (Wildman–Crippen MR) is 96.2 cm³/mol. The molecule has 130 valence electrons. The fourth-order valence-electron chi connectivity index (χ4n) is 2.19. The summed E-state index contributed by atoms with van der Waals surface area (Å²) in [7, 11) is 0. The summed E-state index contributed by atoms with van der Waals surface area (Å²) in [6, 6.07) is 9.03. The number of rotatable bonds is 6. The monoisotopic (exact) mass is 377 g/mol. The maximum atomic E-state index is 12.5. The molecule has 1 N–H and O–H groups in total. The van der Waals surface area contributed by atoms with E-state index in [0.29, 0.717) is 28.2 Å². The number of thioether (sulfide) groups is 1. The van der Waals surface area contributed by atoms with Crippen molar-refractivity contribution >= 4 is 35.1 Å². The summed E-state index contributed by atoms with van der Waals surface area (Å²) in [4.78, 5) is 12.5. The van der Waals surface area contributed by atoms with E-state index in [1.165, 1.54) is 11.8 Å². The summed E-state index contributed by atoms with van der Waals surface area (Å²) < 4.78 is 6.76. The largest absolute Gasteiger partial charge is 0.360 e. The van der Waals surface area contributed by atoms with Crippen molar-refractivity contribution < 1.29 is 9.32 Å². The number of amides is 1. The summed E-state index contributed by atoms with van der Waals surface area (Å²) >= 11 is 7.38. The topological polar surface area (TPSA) is 85.8 Å². The molecule has 9 heteroatoms. The van der Waals surface area contributed by atoms with Crippen molar-refractivity contribution in [2.24, 2.45) is 0 Å². The number of anilines is 1. The number of aryl methyl sites for hydroxylation is 1. The molecule has 0 saturated heterocycles. The Morgan fingerprint density at radius 1 is 1.44 bits per heavy atom. The second-order valence-electron chi connectivity index (χ2n) is 5.29. The molecule has 0 aliphatic rings. The van der Waals surface area contributed by atoms with Crippen LogP contribution in [0.15, 0.2) is 46.3 Å². The third kappa shape index (κ3) is 4.21. The Kier molecular flexibility index (Phi) is 5.40. The first kappa shape index (κ1) is 17.5. The predicted octanol–water partition coefficient (Wildman–Crippen LogP) is 3.73. The summed E-state index contributed by atoms with van der Waals surface area (Å²) in [5, 5.41) is 15.5. The highest BCUT2D eigenvalue weighted by Gasteiger charge is 2.22. The van der Waals surface area contributed by atoms with E-state index in [1.54, 1.807) is 30.0 Å². The zero-order chi connectivity index (χ0) is 17.8. The van der Waals surface area contributed by atoms with Crippen LogP contribution in [0.25, 0.3) is 5.69 Å². The Bertz CT molecular complexity index is 879. The van der Waals surface area contributed by atoms with Crippen LogP contribution in [0.2, 0.25) is 5.02 Å². The van der Waals surface area contributed by atoms with Gasteiger partial charge in [-0.2, -0.15) is 0 Å². The van der Waals surface area contributed by atoms with Gasteiger partial charge in [0.15, 0.2) is 11.0 Å². The lowest BCUT2D eigenvalue weighted by atomic mass is 10.3. The summed E-state index contributed by atoms with van der Waals surface area (Å²) in [6.45, 7) is 3.70. The van der Waals surface area contributed by atoms with Crippen LogP contribution in [0, 0.1) is 6.92 Å². The number of nitrogens with zero attached hydrogens (tertiary/aromatic N) is 4. The van der Waals surface area contributed by atoms with Gasteiger partial charge in [-0.05, 0) is 31.5 Å². The van der Waals surface area contributed by atoms with E-state index in [2.05, 4.69) is 20.7 Å². The molecule has 3 aromatic rings. The second-order valence-corrected chi connectivity index (χ2v) is 6.90. The minimum atomic E-state index is -0.348. The zero-order valence-electron chi connectivity index (χ0n) is 13.6. The molecule has 25 heavy (non-hydrogen) atoms. The van der Waals surface area contributed by atoms with Crippen LogP contribution < -0.4 is 5.32 Å². The van der Waals surface area contributed by atoms with E-state index in [4.69, 9.17) is 16.1 Å². The standard InChI is InChI=1S/C16H16ClN5O2S/c1-3-13(15(23)19-14-7-10(2)24-21-14)25-16-20-18-9-22(16)12-6-4-5-11(17)8-12/h4-9,13H,3H2,1-2H3,(H,19,21,23). The summed E-state index contributed by atoms with van der Waals surface area (Å²) in [5.41, 5.74) is 0.836. The van der Waals surface area contributed by atoms with E-state index in [-0.39, 0.29) is 11.2 Å². The van der Waals surface area contributed by atoms with Crippen molar-refractivity contribution in [2.75, 3.05) is 5.32 Å². The highest BCUT2D eigenvalue weighted by atomic mass is 35.5. The van der Waals surface area contributed by atoms with Gasteiger partial charge < -0.3 is 9.84 Å². The third-order valence-electron chi connectivity index (χ3n) is 3.39. The lowest BCUT2D eigenvalue weighted by Gasteiger charge is -2.13. The van der Waals surface area contributed by atoms with E-state index in [1.807, 2.05) is 25.1 Å². The number of hydrogen-bond donors (Lipinski definition) is 1. The quantitative estimate of drug-likeness (QED) is 0.659. The number of aromatic nitrogens is 4. The van der Waals surface area contributed by atoms with Crippen LogP contribution in [0.3, 0.4) is 0 Å². The minimum absolute atomic E-state index is 0.165. The van der Waals surface area contributed by atoms with Crippen LogP contribution in [0.1, 0.15) is 19.1 Å². The summed E-state index contributed by atoms with van der Waals surface area (Å²) in [6.07, 6.45) is 2.22. The zero-order valence-corrected chi connectivity index (χ0v) is 15.2. The van der Waals surface area contributed by atoms with Gasteiger partial charge in [0.05, 0.1) is 10.9 Å². The molecule has 1 aromatic carbocycles. The van der Waals surface area contributed by atoms with Crippen molar-refractivity contribution in [3.05, 3.63) is 47.4 Å². The van der Waals surface area contributed by atoms with Gasteiger partial charge >= 0.3 is 0 Å². The average Bonchev–Trinajstić information content (AvgIpc) is 3.21. The van der Waals surface area contributed by atoms with E-state index in [0.717, 1.165) is 5.69 Å². The number of carbonyl (C=O) groups excluding carboxylic acids is 1. The first-order chi connectivity index (χ1) is 12.1. The minimum Gasteiger partial charge on any atom is -0.360 e. The van der Waals surface area contributed by atoms with Crippen LogP contribution >= 0.6 is 23.4 Å². The number of nitrogens with one attached hydrogen (secondary N) is 1. The van der Waals surface area contributed by atoms with Crippen LogP contribution in [0.5, 0.6) is 0 Å². The lowest BCUT2D eigenvalue weighted by Crippen LogP contribution is -2.25. The first-order valence-corrected chi connectivity index (χ1v) is 8.89. The van der Waals surface area contributed by atoms with Crippen LogP contribution in [-0.4, -0.2) is 31.1 Å². The fraction of sp³-hybridized carbons (Fsp3) is 0.250. The Balaban J connectivity index is 1.76. The van der Waals surface area contributed by atoms with Gasteiger partial charge in [-0.15, -0.1) is 10.2 Å². The Morgan fingerprint density at radius 2 is 2.28 bits per heavy atom. The molecule has 2 aromatic heterocycles. The van der Waals surface area contributed by atoms with Gasteiger partial charge in [0.1, 0.15) is 12.1 Å². The number of halogens is 1. The molecule has 7 nitrogen and oxygen atoms in total. The molecule has 0 aliphatic carbocycles. The molecule has 1 unspecified atom stereocenters. The van der Waals surface area contributed by atoms with Crippen molar-refractivity contribution in [3.63, 3.8) is 0 Å². The third-order valence-corrected chi connectivity index (χ3v) is 4.95. The normalized spacial score (nSPS) is 12.1. The molecule has 2 heterocycles. The number of hydrogen-bond acceptors (Lipinski definition) is 6. The van der Waals surface area contributed by atoms with E-state index >= 15 is 0 Å². The van der Waals surface area contributed by atoms with Crippen molar-refractivity contribution in [1.29, 1.82) is 0 Å². The van der Waals surface area contributed by atoms with Crippen molar-refractivity contribution in [2.45, 2.75) is 30.7 Å². The lowest BCUT2D eigenvalue weighted by molar-refractivity contribution is -0.115. The summed E-state index contributed by atoms with van der Waals surface area (Å²) in [5.74, 6) is 0.871. The molecule has 0 aliphatic heterocycles. The molecule has 0 radical (unpaired) electrons. The molecule has 0 spiro atoms. The molecule has 1 atom stereocenters. The number of carbonyl (C=O) groups is 1. The smallest absolute Gasteiger partial charge is 0.239 e. The highest BCUT2D eigenvalue weighted by Crippen LogP contribution is 2.27. The van der Waals surface area contributed by atoms with Gasteiger partial charge in [-0.1, -0.05) is 41.5 Å². The van der Waals surface area contributed by atoms with Crippen LogP contribution in [-0.2, 0) is 4.79 Å². The van der Waals surface area contributed by atoms with Gasteiger partial charge in [0, 0.05) is 11.1 Å². The average molecular weight is 378 g/mol. The SMILES string of the molecule is CCC(Sc1nncn1-c1cccc(Cl)c1)C(=O)Nc1cc(C)on1. The maximum Gasteiger partial charge on any atom is 0.239 e. The molecule has 0 bridgehead atoms. The van der Waals surface area contributed by atoms with Crippen molar-refractivity contribution in [1.82, 2.24) is 19.9 Å². The van der Waals surface area contributed by atoms with Crippen molar-refractivity contribution in [3.8, 4) is 5.69 Å². The highest BCUT2D eigenvalue weighted by molar-refractivity contribution is 8.00. The van der Waals surface area contributed by atoms with Gasteiger partial charge in [-0.3, -0.25) is 9.36 Å². The molecular weight excluding hydrogens is 362 g/mol. The second kappa shape index (κ2) is 7.71. The first-order valence-electron chi connectivity index (χ1n) is 7.63. The molecule has 3 rings (SSSR count). The fourth-order valence-corrected chi connectivity index (χ4v) is 3.32. The maximum absolute atomic E-state index is 12.5. The number of benzene rings is 1. The molecule has 0 saturated carbocycles. The molecular formula is C16H16ClN5O2S. The van der Waals surface area contributed by atoms with Gasteiger partial charge in [0.2, 0.25) is 5.91 Å². The van der Waals surface area contributed by atoms with E-state index < -0.39 is 0 Å². The van der Waals surface area contributed by atoms with Gasteiger partial charge in [-0.25, -0.2) is 0 Å². The van der Waals surface area contributed by atoms with E-state index in [9.17, 15) is 4.79 Å². The Hall–Kier alpha value is -2.32. The molecule has 1 amide bonds. The van der Waals surface area contributed by atoms with Gasteiger partial charge in [0.25, 0.3) is 0 Å². The van der Waals surface area contributed by atoms with Crippen LogP contribution in [0.4, 0.5) is 5.82 Å².